The van der Waals surface area contributed by atoms with Gasteiger partial charge in [-0.05, 0) is 90.7 Å². The number of nitrogen functional groups attached to an aromatic ring is 1. The quantitative estimate of drug-likeness (QED) is 0.331. The Hall–Kier alpha value is -5.38. The minimum atomic E-state index is -0.374. The van der Waals surface area contributed by atoms with Gasteiger partial charge in [-0.1, -0.05) is 6.07 Å². The molecule has 1 aliphatic carbocycles. The molecule has 40 heavy (non-hydrogen) atoms. The number of rotatable bonds is 5. The number of imidazole rings is 1. The van der Waals surface area contributed by atoms with Gasteiger partial charge in [0.1, 0.15) is 17.2 Å². The Bertz CT molecular complexity index is 1880. The molecule has 0 saturated carbocycles. The standard InChI is InChI=1S/C30H23FN8O/c31-20-7-4-18(5-8-20)30(40)36-24-11-6-19-17-21(9-10-22(19)24)39-28(23-3-1-14-33-27(23)32)35-25-12-13-26(37-29(25)39)38-16-2-15-34-38/h1-5,7-10,12-17,24H,6,11H2,(H2,32,33)(H,36,40)/t24-/m0/s1. The molecule has 1 amide bonds. The predicted molar refractivity (Wildman–Crippen MR) is 149 cm³/mol. The lowest BCUT2D eigenvalue weighted by atomic mass is 10.1. The average molecular weight is 531 g/mol. The van der Waals surface area contributed by atoms with E-state index in [2.05, 4.69) is 21.5 Å². The zero-order valence-electron chi connectivity index (χ0n) is 21.2. The molecular weight excluding hydrogens is 507 g/mol. The van der Waals surface area contributed by atoms with Crippen molar-refractivity contribution in [2.45, 2.75) is 18.9 Å². The molecule has 9 nitrogen and oxygen atoms in total. The van der Waals surface area contributed by atoms with Crippen molar-refractivity contribution >= 4 is 22.9 Å². The summed E-state index contributed by atoms with van der Waals surface area (Å²) < 4.78 is 17.0. The summed E-state index contributed by atoms with van der Waals surface area (Å²) in [7, 11) is 0. The number of benzene rings is 2. The van der Waals surface area contributed by atoms with Gasteiger partial charge >= 0.3 is 0 Å². The largest absolute Gasteiger partial charge is 0.383 e. The molecule has 0 radical (unpaired) electrons. The van der Waals surface area contributed by atoms with Crippen molar-refractivity contribution in [3.63, 3.8) is 0 Å². The maximum absolute atomic E-state index is 13.3. The van der Waals surface area contributed by atoms with Crippen molar-refractivity contribution in [3.05, 3.63) is 114 Å². The number of aryl methyl sites for hydroxylation is 1. The Morgan fingerprint density at radius 2 is 1.88 bits per heavy atom. The zero-order chi connectivity index (χ0) is 27.2. The topological polar surface area (TPSA) is 117 Å². The van der Waals surface area contributed by atoms with Crippen LogP contribution in [0.2, 0.25) is 0 Å². The molecule has 1 atom stereocenters. The van der Waals surface area contributed by atoms with Crippen LogP contribution in [-0.4, -0.2) is 35.2 Å². The Morgan fingerprint density at radius 3 is 2.67 bits per heavy atom. The molecule has 0 spiro atoms. The Labute approximate surface area is 228 Å². The summed E-state index contributed by atoms with van der Waals surface area (Å²) in [5.41, 5.74) is 11.8. The fraction of sp³-hybridized carbons (Fsp3) is 0.100. The molecule has 0 saturated heterocycles. The molecule has 0 fully saturated rings. The highest BCUT2D eigenvalue weighted by molar-refractivity contribution is 5.94. The van der Waals surface area contributed by atoms with E-state index in [1.165, 1.54) is 24.3 Å². The van der Waals surface area contributed by atoms with Crippen LogP contribution in [0.3, 0.4) is 0 Å². The lowest BCUT2D eigenvalue weighted by Crippen LogP contribution is -2.27. The number of carbonyl (C=O) groups excluding carboxylic acids is 1. The van der Waals surface area contributed by atoms with Crippen molar-refractivity contribution < 1.29 is 9.18 Å². The summed E-state index contributed by atoms with van der Waals surface area (Å²) in [5, 5.41) is 7.42. The molecule has 2 aromatic carbocycles. The van der Waals surface area contributed by atoms with Crippen LogP contribution in [0, 0.1) is 5.82 Å². The molecule has 196 valence electrons. The molecule has 3 N–H and O–H groups in total. The van der Waals surface area contributed by atoms with Crippen LogP contribution in [-0.2, 0) is 6.42 Å². The number of amides is 1. The fourth-order valence-corrected chi connectivity index (χ4v) is 5.25. The summed E-state index contributed by atoms with van der Waals surface area (Å²) in [4.78, 5) is 26.9. The van der Waals surface area contributed by atoms with Crippen LogP contribution in [0.5, 0.6) is 0 Å². The number of fused-ring (bicyclic) bond motifs is 2. The highest BCUT2D eigenvalue weighted by Crippen LogP contribution is 2.36. The van der Waals surface area contributed by atoms with Crippen molar-refractivity contribution in [2.75, 3.05) is 5.73 Å². The predicted octanol–water partition coefficient (Wildman–Crippen LogP) is 4.81. The zero-order valence-corrected chi connectivity index (χ0v) is 21.2. The number of nitrogens with two attached hydrogens (primary N) is 1. The maximum atomic E-state index is 13.3. The van der Waals surface area contributed by atoms with E-state index >= 15 is 0 Å². The molecule has 4 aromatic heterocycles. The van der Waals surface area contributed by atoms with Crippen molar-refractivity contribution in [2.24, 2.45) is 0 Å². The van der Waals surface area contributed by atoms with Crippen LogP contribution in [0.1, 0.15) is 33.9 Å². The molecule has 7 rings (SSSR count). The highest BCUT2D eigenvalue weighted by Gasteiger charge is 2.26. The number of hydrogen-bond donors (Lipinski definition) is 2. The number of aromatic nitrogens is 6. The van der Waals surface area contributed by atoms with E-state index in [1.807, 2.05) is 53.2 Å². The lowest BCUT2D eigenvalue weighted by molar-refractivity contribution is 0.0936. The third-order valence-electron chi connectivity index (χ3n) is 7.18. The SMILES string of the molecule is Nc1ncccc1-c1nc2ccc(-n3cccn3)nc2n1-c1ccc2c(c1)CC[C@@H]2NC(=O)c1ccc(F)cc1. The second-order valence-corrected chi connectivity index (χ2v) is 9.62. The molecule has 6 aromatic rings. The van der Waals surface area contributed by atoms with Gasteiger partial charge in [-0.15, -0.1) is 0 Å². The minimum absolute atomic E-state index is 0.140. The first-order valence-corrected chi connectivity index (χ1v) is 12.9. The second kappa shape index (κ2) is 9.42. The Kier molecular flexibility index (Phi) is 5.59. The van der Waals surface area contributed by atoms with Crippen LogP contribution >= 0.6 is 0 Å². The van der Waals surface area contributed by atoms with Gasteiger partial charge in [-0.3, -0.25) is 9.36 Å². The van der Waals surface area contributed by atoms with E-state index in [0.717, 1.165) is 29.7 Å². The van der Waals surface area contributed by atoms with E-state index in [0.29, 0.717) is 39.8 Å². The van der Waals surface area contributed by atoms with E-state index in [1.54, 1.807) is 17.1 Å². The molecule has 10 heteroatoms. The number of anilines is 1. The molecular formula is C30H23FN8O. The highest BCUT2D eigenvalue weighted by atomic mass is 19.1. The number of nitrogens with one attached hydrogen (secondary N) is 1. The Balaban J connectivity index is 1.31. The second-order valence-electron chi connectivity index (χ2n) is 9.62. The van der Waals surface area contributed by atoms with Gasteiger partial charge in [0.25, 0.3) is 5.91 Å². The van der Waals surface area contributed by atoms with E-state index in [9.17, 15) is 9.18 Å². The van der Waals surface area contributed by atoms with Gasteiger partial charge < -0.3 is 11.1 Å². The average Bonchev–Trinajstić information content (AvgIpc) is 3.72. The molecule has 4 heterocycles. The van der Waals surface area contributed by atoms with E-state index < -0.39 is 0 Å². The number of pyridine rings is 2. The van der Waals surface area contributed by atoms with Crippen molar-refractivity contribution in [3.8, 4) is 22.9 Å². The van der Waals surface area contributed by atoms with Crippen LogP contribution in [0.25, 0.3) is 34.1 Å². The maximum Gasteiger partial charge on any atom is 0.251 e. The Morgan fingerprint density at radius 1 is 1.00 bits per heavy atom. The van der Waals surface area contributed by atoms with Crippen molar-refractivity contribution in [1.29, 1.82) is 0 Å². The van der Waals surface area contributed by atoms with Gasteiger partial charge in [-0.2, -0.15) is 5.10 Å². The van der Waals surface area contributed by atoms with Gasteiger partial charge in [0.2, 0.25) is 0 Å². The smallest absolute Gasteiger partial charge is 0.251 e. The van der Waals surface area contributed by atoms with E-state index in [4.69, 9.17) is 15.7 Å². The summed E-state index contributed by atoms with van der Waals surface area (Å²) >= 11 is 0. The van der Waals surface area contributed by atoms with Gasteiger partial charge in [0.05, 0.1) is 11.6 Å². The molecule has 0 bridgehead atoms. The van der Waals surface area contributed by atoms with Gasteiger partial charge in [-0.25, -0.2) is 24.0 Å². The van der Waals surface area contributed by atoms with Gasteiger partial charge in [0.15, 0.2) is 17.3 Å². The van der Waals surface area contributed by atoms with Crippen LogP contribution in [0.15, 0.2) is 91.4 Å². The fourth-order valence-electron chi connectivity index (χ4n) is 5.25. The van der Waals surface area contributed by atoms with E-state index in [-0.39, 0.29) is 17.8 Å². The lowest BCUT2D eigenvalue weighted by Gasteiger charge is -2.16. The minimum Gasteiger partial charge on any atom is -0.383 e. The third kappa shape index (κ3) is 4.06. The normalized spacial score (nSPS) is 14.4. The van der Waals surface area contributed by atoms with Crippen LogP contribution in [0.4, 0.5) is 10.2 Å². The summed E-state index contributed by atoms with van der Waals surface area (Å²) in [6, 6.07) is 20.9. The summed E-state index contributed by atoms with van der Waals surface area (Å²) in [5.74, 6) is 1.06. The van der Waals surface area contributed by atoms with Crippen LogP contribution < -0.4 is 11.1 Å². The first kappa shape index (κ1) is 23.7. The summed E-state index contributed by atoms with van der Waals surface area (Å²) in [6.07, 6.45) is 6.75. The monoisotopic (exact) mass is 530 g/mol. The van der Waals surface area contributed by atoms with Crippen molar-refractivity contribution in [1.82, 2.24) is 34.6 Å². The molecule has 1 aliphatic rings. The molecule has 0 unspecified atom stereocenters. The molecule has 0 aliphatic heterocycles. The van der Waals surface area contributed by atoms with Gasteiger partial charge in [0, 0.05) is 29.8 Å². The first-order valence-electron chi connectivity index (χ1n) is 12.9. The number of nitrogens with zero attached hydrogens (tertiary/aromatic N) is 6. The number of carbonyl (C=O) groups is 1. The first-order chi connectivity index (χ1) is 19.5. The number of halogens is 1. The number of hydrogen-bond acceptors (Lipinski definition) is 6. The summed E-state index contributed by atoms with van der Waals surface area (Å²) in [6.45, 7) is 0. The third-order valence-corrected chi connectivity index (χ3v) is 7.18.